The van der Waals surface area contributed by atoms with Gasteiger partial charge in [0.2, 0.25) is 0 Å². The highest BCUT2D eigenvalue weighted by Gasteiger charge is 2.48. The van der Waals surface area contributed by atoms with E-state index in [2.05, 4.69) is 93.5 Å². The first-order valence-corrected chi connectivity index (χ1v) is 10.4. The lowest BCUT2D eigenvalue weighted by molar-refractivity contribution is 0.208. The largest absolute Gasteiger partial charge is 0.306 e. The Bertz CT molecular complexity index is 600. The van der Waals surface area contributed by atoms with E-state index in [9.17, 15) is 0 Å². The van der Waals surface area contributed by atoms with Gasteiger partial charge < -0.3 is 4.90 Å². The topological polar surface area (TPSA) is 3.24 Å². The molecule has 2 aromatic rings. The quantitative estimate of drug-likeness (QED) is 0.718. The van der Waals surface area contributed by atoms with Gasteiger partial charge in [0.05, 0.1) is 0 Å². The summed E-state index contributed by atoms with van der Waals surface area (Å²) in [7, 11) is 4.11. The zero-order valence-corrected chi connectivity index (χ0v) is 16.3. The molecule has 0 unspecified atom stereocenters. The van der Waals surface area contributed by atoms with Crippen molar-refractivity contribution in [2.75, 3.05) is 14.1 Å². The Morgan fingerprint density at radius 1 is 0.958 bits per heavy atom. The summed E-state index contributed by atoms with van der Waals surface area (Å²) >= 11 is 0. The molecule has 0 aliphatic heterocycles. The number of hydrogen-bond donors (Lipinski definition) is 0. The fourth-order valence-electron chi connectivity index (χ4n) is 4.47. The average Bonchev–Trinajstić information content (AvgIpc) is 2.98. The summed E-state index contributed by atoms with van der Waals surface area (Å²) in [6.07, 6.45) is 4.05. The van der Waals surface area contributed by atoms with Gasteiger partial charge in [0, 0.05) is 11.2 Å². The van der Waals surface area contributed by atoms with E-state index in [0.29, 0.717) is 11.2 Å². The molecule has 0 amide bonds. The van der Waals surface area contributed by atoms with E-state index in [-0.39, 0.29) is 7.92 Å². The number of rotatable bonds is 5. The third-order valence-electron chi connectivity index (χ3n) is 5.93. The molecule has 0 bridgehead atoms. The zero-order chi connectivity index (χ0) is 17.2. The lowest BCUT2D eigenvalue weighted by Crippen LogP contribution is -2.44. The van der Waals surface area contributed by atoms with Crippen LogP contribution in [0, 0.1) is 5.92 Å². The second-order valence-electron chi connectivity index (χ2n) is 7.57. The van der Waals surface area contributed by atoms with Crippen LogP contribution >= 0.6 is 7.92 Å². The Kier molecular flexibility index (Phi) is 5.42. The van der Waals surface area contributed by atoms with Crippen LogP contribution in [0.25, 0.3) is 0 Å². The Morgan fingerprint density at radius 3 is 1.92 bits per heavy atom. The normalized spacial score (nSPS) is 25.3. The summed E-state index contributed by atoms with van der Waals surface area (Å²) in [6.45, 7) is 4.98. The lowest BCUT2D eigenvalue weighted by atomic mass is 9.89. The molecule has 2 aromatic carbocycles. The van der Waals surface area contributed by atoms with Gasteiger partial charge in [-0.05, 0) is 58.3 Å². The highest BCUT2D eigenvalue weighted by atomic mass is 31.1. The maximum Gasteiger partial charge on any atom is 0.00979 e. The molecule has 1 saturated carbocycles. The van der Waals surface area contributed by atoms with Crippen LogP contribution in [0.2, 0.25) is 0 Å². The summed E-state index contributed by atoms with van der Waals surface area (Å²) in [6, 6.07) is 23.1. The highest BCUT2D eigenvalue weighted by Crippen LogP contribution is 2.60. The van der Waals surface area contributed by atoms with E-state index in [1.54, 1.807) is 0 Å². The van der Waals surface area contributed by atoms with Gasteiger partial charge in [0.15, 0.2) is 0 Å². The van der Waals surface area contributed by atoms with E-state index in [1.807, 2.05) is 0 Å². The molecule has 0 spiro atoms. The maximum atomic E-state index is 2.57. The molecular weight excluding hydrogens is 309 g/mol. The van der Waals surface area contributed by atoms with Crippen molar-refractivity contribution >= 4 is 18.5 Å². The van der Waals surface area contributed by atoms with Crippen molar-refractivity contribution in [3.05, 3.63) is 60.7 Å². The van der Waals surface area contributed by atoms with Crippen molar-refractivity contribution in [2.24, 2.45) is 5.92 Å². The monoisotopic (exact) mass is 339 g/mol. The van der Waals surface area contributed by atoms with Gasteiger partial charge in [-0.3, -0.25) is 0 Å². The minimum atomic E-state index is -0.357. The van der Waals surface area contributed by atoms with E-state index in [0.717, 1.165) is 5.92 Å². The van der Waals surface area contributed by atoms with Crippen LogP contribution < -0.4 is 10.6 Å². The summed E-state index contributed by atoms with van der Waals surface area (Å²) in [5, 5.41) is 3.42. The fraction of sp³-hybridized carbons (Fsp3) is 0.455. The zero-order valence-electron chi connectivity index (χ0n) is 15.4. The van der Waals surface area contributed by atoms with E-state index >= 15 is 0 Å². The number of benzene rings is 2. The minimum absolute atomic E-state index is 0.357. The number of nitrogens with zero attached hydrogens (tertiary/aromatic N) is 1. The van der Waals surface area contributed by atoms with Crippen LogP contribution in [0.3, 0.4) is 0 Å². The van der Waals surface area contributed by atoms with Gasteiger partial charge in [0.1, 0.15) is 0 Å². The Hall–Kier alpha value is -1.17. The second-order valence-corrected chi connectivity index (χ2v) is 10.3. The van der Waals surface area contributed by atoms with Crippen LogP contribution in [0.4, 0.5) is 0 Å². The van der Waals surface area contributed by atoms with Crippen molar-refractivity contribution in [1.29, 1.82) is 0 Å². The van der Waals surface area contributed by atoms with E-state index in [1.165, 1.54) is 29.9 Å². The first-order chi connectivity index (χ1) is 11.5. The van der Waals surface area contributed by atoms with Crippen molar-refractivity contribution in [3.63, 3.8) is 0 Å². The molecule has 0 saturated heterocycles. The smallest absolute Gasteiger partial charge is 0.00979 e. The van der Waals surface area contributed by atoms with E-state index in [4.69, 9.17) is 0 Å². The standard InChI is InChI=1S/C22H30NP/c1-18(23(3)4)21-16-11-17-22(21,2)24(19-12-7-5-8-13-19)20-14-9-6-10-15-20/h5-10,12-15,18,21H,11,16-17H2,1-4H3/t18-,21+,22+/m0/s1. The lowest BCUT2D eigenvalue weighted by Gasteiger charge is -2.44. The van der Waals surface area contributed by atoms with Crippen LogP contribution in [0.1, 0.15) is 33.1 Å². The molecule has 0 N–H and O–H groups in total. The van der Waals surface area contributed by atoms with Crippen LogP contribution in [-0.2, 0) is 0 Å². The summed E-state index contributed by atoms with van der Waals surface area (Å²) in [5.74, 6) is 0.749. The highest BCUT2D eigenvalue weighted by molar-refractivity contribution is 7.74. The predicted octanol–water partition coefficient (Wildman–Crippen LogP) is 4.63. The van der Waals surface area contributed by atoms with Crippen LogP contribution in [0.5, 0.6) is 0 Å². The molecule has 128 valence electrons. The molecule has 0 heterocycles. The fourth-order valence-corrected chi connectivity index (χ4v) is 7.94. The van der Waals surface area contributed by atoms with Gasteiger partial charge >= 0.3 is 0 Å². The number of hydrogen-bond acceptors (Lipinski definition) is 1. The molecule has 24 heavy (non-hydrogen) atoms. The molecule has 1 nitrogen and oxygen atoms in total. The first kappa shape index (κ1) is 17.6. The molecule has 1 aliphatic carbocycles. The SMILES string of the molecule is C[C@@H]([C@H]1CCC[C@@]1(C)P(c1ccccc1)c1ccccc1)N(C)C. The molecule has 0 radical (unpaired) electrons. The minimum Gasteiger partial charge on any atom is -0.306 e. The third kappa shape index (κ3) is 3.30. The summed E-state index contributed by atoms with van der Waals surface area (Å²) in [4.78, 5) is 2.41. The summed E-state index contributed by atoms with van der Waals surface area (Å²) in [5.41, 5.74) is 0. The Morgan fingerprint density at radius 2 is 1.46 bits per heavy atom. The molecular formula is C22H30NP. The molecule has 2 heteroatoms. The van der Waals surface area contributed by atoms with E-state index < -0.39 is 0 Å². The summed E-state index contributed by atoms with van der Waals surface area (Å²) < 4.78 is 0. The van der Waals surface area contributed by atoms with Crippen molar-refractivity contribution in [2.45, 2.75) is 44.3 Å². The molecule has 1 fully saturated rings. The van der Waals surface area contributed by atoms with Gasteiger partial charge in [-0.2, -0.15) is 0 Å². The Balaban J connectivity index is 2.08. The van der Waals surface area contributed by atoms with Crippen molar-refractivity contribution < 1.29 is 0 Å². The molecule has 3 rings (SSSR count). The first-order valence-electron chi connectivity index (χ1n) is 9.11. The molecule has 3 atom stereocenters. The molecule has 1 aliphatic rings. The van der Waals surface area contributed by atoms with Gasteiger partial charge in [0.25, 0.3) is 0 Å². The van der Waals surface area contributed by atoms with Crippen LogP contribution in [0.15, 0.2) is 60.7 Å². The van der Waals surface area contributed by atoms with Crippen molar-refractivity contribution in [3.8, 4) is 0 Å². The second kappa shape index (κ2) is 7.38. The third-order valence-corrected chi connectivity index (χ3v) is 9.14. The van der Waals surface area contributed by atoms with Gasteiger partial charge in [-0.1, -0.05) is 74.0 Å². The average molecular weight is 339 g/mol. The van der Waals surface area contributed by atoms with Crippen LogP contribution in [-0.4, -0.2) is 30.2 Å². The Labute approximate surface area is 148 Å². The van der Waals surface area contributed by atoms with Gasteiger partial charge in [-0.25, -0.2) is 0 Å². The van der Waals surface area contributed by atoms with Crippen molar-refractivity contribution in [1.82, 2.24) is 4.90 Å². The van der Waals surface area contributed by atoms with Gasteiger partial charge in [-0.15, -0.1) is 0 Å². The molecule has 0 aromatic heterocycles. The predicted molar refractivity (Wildman–Crippen MR) is 108 cm³/mol. The maximum absolute atomic E-state index is 2.57.